The number of hydrogen-bond acceptors (Lipinski definition) is 6. The molecule has 0 aliphatic heterocycles. The summed E-state index contributed by atoms with van der Waals surface area (Å²) in [5, 5.41) is 2.62. The number of methoxy groups -OCH3 is 1. The quantitative estimate of drug-likeness (QED) is 0.426. The van der Waals surface area contributed by atoms with E-state index >= 15 is 0 Å². The van der Waals surface area contributed by atoms with Gasteiger partial charge in [-0.3, -0.25) is 4.79 Å². The number of anilines is 1. The summed E-state index contributed by atoms with van der Waals surface area (Å²) >= 11 is 0. The molecule has 9 heteroatoms. The zero-order valence-electron chi connectivity index (χ0n) is 18.1. The number of ether oxygens (including phenoxy) is 2. The van der Waals surface area contributed by atoms with Crippen LogP contribution in [0.4, 0.5) is 5.69 Å². The van der Waals surface area contributed by atoms with Crippen molar-refractivity contribution in [3.63, 3.8) is 0 Å². The van der Waals surface area contributed by atoms with Crippen molar-refractivity contribution in [2.24, 2.45) is 0 Å². The number of sulfonamides is 1. The number of esters is 1. The molecule has 2 aromatic rings. The van der Waals surface area contributed by atoms with Gasteiger partial charge in [-0.05, 0) is 62.2 Å². The van der Waals surface area contributed by atoms with Gasteiger partial charge in [0.05, 0.1) is 25.3 Å². The Balaban J connectivity index is 2.02. The van der Waals surface area contributed by atoms with Crippen molar-refractivity contribution in [2.75, 3.05) is 19.0 Å². The lowest BCUT2D eigenvalue weighted by Gasteiger charge is -2.16. The first kappa shape index (κ1) is 24.4. The zero-order valence-corrected chi connectivity index (χ0v) is 18.9. The number of nitrogens with one attached hydrogen (secondary N) is 2. The maximum absolute atomic E-state index is 12.7. The van der Waals surface area contributed by atoms with Crippen LogP contribution < -0.4 is 14.8 Å². The molecule has 0 unspecified atom stereocenters. The van der Waals surface area contributed by atoms with Crippen LogP contribution in [0, 0.1) is 6.92 Å². The van der Waals surface area contributed by atoms with Gasteiger partial charge in [0.15, 0.2) is 0 Å². The number of amides is 1. The summed E-state index contributed by atoms with van der Waals surface area (Å²) in [6.45, 7) is 5.56. The fourth-order valence-corrected chi connectivity index (χ4v) is 4.13. The fraction of sp³-hybridized carbons (Fsp3) is 0.364. The van der Waals surface area contributed by atoms with Crippen LogP contribution in [0.25, 0.3) is 0 Å². The largest absolute Gasteiger partial charge is 0.495 e. The summed E-state index contributed by atoms with van der Waals surface area (Å²) < 4.78 is 38.1. The Hall–Kier alpha value is -2.91. The monoisotopic (exact) mass is 448 g/mol. The Labute approximate surface area is 183 Å². The molecule has 8 nitrogen and oxygen atoms in total. The van der Waals surface area contributed by atoms with Gasteiger partial charge in [0.2, 0.25) is 15.9 Å². The number of benzene rings is 2. The van der Waals surface area contributed by atoms with Crippen molar-refractivity contribution in [1.82, 2.24) is 4.72 Å². The average molecular weight is 449 g/mol. The number of hydrogen-bond donors (Lipinski definition) is 2. The smallest absolute Gasteiger partial charge is 0.338 e. The molecular formula is C22H28N2O6S. The van der Waals surface area contributed by atoms with Crippen LogP contribution in [-0.2, 0) is 19.6 Å². The van der Waals surface area contributed by atoms with E-state index in [1.54, 1.807) is 31.2 Å². The first-order valence-corrected chi connectivity index (χ1v) is 11.4. The minimum Gasteiger partial charge on any atom is -0.495 e. The highest BCUT2D eigenvalue weighted by Gasteiger charge is 2.25. The molecule has 0 aromatic heterocycles. The molecule has 0 saturated carbocycles. The van der Waals surface area contributed by atoms with Gasteiger partial charge in [-0.1, -0.05) is 19.4 Å². The van der Waals surface area contributed by atoms with Gasteiger partial charge in [0, 0.05) is 5.69 Å². The van der Waals surface area contributed by atoms with Gasteiger partial charge in [0.25, 0.3) is 0 Å². The van der Waals surface area contributed by atoms with Gasteiger partial charge in [0.1, 0.15) is 10.6 Å². The van der Waals surface area contributed by atoms with Gasteiger partial charge in [-0.25, -0.2) is 13.2 Å². The average Bonchev–Trinajstić information content (AvgIpc) is 2.74. The van der Waals surface area contributed by atoms with Crippen LogP contribution in [0.2, 0.25) is 0 Å². The Kier molecular flexibility index (Phi) is 8.58. The summed E-state index contributed by atoms with van der Waals surface area (Å²) in [7, 11) is -2.61. The Morgan fingerprint density at radius 2 is 1.77 bits per heavy atom. The molecule has 2 aromatic carbocycles. The van der Waals surface area contributed by atoms with Gasteiger partial charge < -0.3 is 14.8 Å². The molecule has 1 atom stereocenters. The summed E-state index contributed by atoms with van der Waals surface area (Å²) in [6, 6.07) is 9.91. The highest BCUT2D eigenvalue weighted by Crippen LogP contribution is 2.24. The Bertz CT molecular complexity index is 1020. The second-order valence-corrected chi connectivity index (χ2v) is 8.74. The van der Waals surface area contributed by atoms with E-state index in [-0.39, 0.29) is 10.6 Å². The van der Waals surface area contributed by atoms with Gasteiger partial charge in [-0.2, -0.15) is 4.72 Å². The minimum absolute atomic E-state index is 0.0411. The molecule has 0 aliphatic rings. The van der Waals surface area contributed by atoms with Crippen LogP contribution in [0.15, 0.2) is 47.4 Å². The van der Waals surface area contributed by atoms with Crippen LogP contribution in [0.3, 0.4) is 0 Å². The summed E-state index contributed by atoms with van der Waals surface area (Å²) in [5.74, 6) is -0.792. The van der Waals surface area contributed by atoms with E-state index in [0.29, 0.717) is 17.9 Å². The van der Waals surface area contributed by atoms with Crippen LogP contribution in [0.1, 0.15) is 42.6 Å². The number of carbonyl (C=O) groups excluding carboxylic acids is 2. The maximum Gasteiger partial charge on any atom is 0.338 e. The minimum atomic E-state index is -3.99. The molecule has 2 N–H and O–H groups in total. The lowest BCUT2D eigenvalue weighted by Crippen LogP contribution is -2.41. The molecule has 0 bridgehead atoms. The first-order chi connectivity index (χ1) is 14.7. The van der Waals surface area contributed by atoms with Crippen LogP contribution in [0.5, 0.6) is 5.75 Å². The lowest BCUT2D eigenvalue weighted by molar-refractivity contribution is -0.117. The summed E-state index contributed by atoms with van der Waals surface area (Å²) in [4.78, 5) is 24.4. The van der Waals surface area contributed by atoms with Crippen molar-refractivity contribution >= 4 is 27.6 Å². The Morgan fingerprint density at radius 3 is 2.39 bits per heavy atom. The van der Waals surface area contributed by atoms with Crippen molar-refractivity contribution < 1.29 is 27.5 Å². The van der Waals surface area contributed by atoms with Crippen molar-refractivity contribution in [3.05, 3.63) is 53.6 Å². The first-order valence-electron chi connectivity index (χ1n) is 9.93. The second kappa shape index (κ2) is 10.9. The molecule has 0 saturated heterocycles. The topological polar surface area (TPSA) is 111 Å². The SMILES string of the molecule is CCCCOC(=O)c1ccc(NC(=O)[C@@H](C)NS(=O)(=O)c2cc(C)ccc2OC)cc1. The van der Waals surface area contributed by atoms with Crippen molar-refractivity contribution in [1.29, 1.82) is 0 Å². The lowest BCUT2D eigenvalue weighted by atomic mass is 10.2. The molecule has 0 aliphatic carbocycles. The van der Waals surface area contributed by atoms with E-state index in [4.69, 9.17) is 9.47 Å². The summed E-state index contributed by atoms with van der Waals surface area (Å²) in [5.41, 5.74) is 1.54. The van der Waals surface area contributed by atoms with E-state index in [1.165, 1.54) is 32.2 Å². The molecule has 0 heterocycles. The number of unbranched alkanes of at least 4 members (excludes halogenated alkanes) is 1. The molecule has 0 fully saturated rings. The van der Waals surface area contributed by atoms with E-state index in [2.05, 4.69) is 10.0 Å². The van der Waals surface area contributed by atoms with E-state index in [9.17, 15) is 18.0 Å². The van der Waals surface area contributed by atoms with Crippen LogP contribution >= 0.6 is 0 Å². The molecule has 1 amide bonds. The highest BCUT2D eigenvalue weighted by atomic mass is 32.2. The molecule has 31 heavy (non-hydrogen) atoms. The molecule has 0 radical (unpaired) electrons. The normalized spacial score (nSPS) is 12.1. The molecule has 168 valence electrons. The van der Waals surface area contributed by atoms with Gasteiger partial charge in [-0.15, -0.1) is 0 Å². The molecule has 0 spiro atoms. The zero-order chi connectivity index (χ0) is 23.0. The molecular weight excluding hydrogens is 420 g/mol. The fourth-order valence-electron chi connectivity index (χ4n) is 2.68. The summed E-state index contributed by atoms with van der Waals surface area (Å²) in [6.07, 6.45) is 1.72. The standard InChI is InChI=1S/C22H28N2O6S/c1-5-6-13-30-22(26)17-8-10-18(11-9-17)23-21(25)16(3)24-31(27,28)20-14-15(2)7-12-19(20)29-4/h7-12,14,16,24H,5-6,13H2,1-4H3,(H,23,25)/t16-/m1/s1. The number of rotatable bonds is 10. The van der Waals surface area contributed by atoms with Crippen molar-refractivity contribution in [2.45, 2.75) is 44.6 Å². The Morgan fingerprint density at radius 1 is 1.10 bits per heavy atom. The predicted molar refractivity (Wildman–Crippen MR) is 118 cm³/mol. The highest BCUT2D eigenvalue weighted by molar-refractivity contribution is 7.89. The third kappa shape index (κ3) is 6.80. The predicted octanol–water partition coefficient (Wildman–Crippen LogP) is 3.27. The van der Waals surface area contributed by atoms with E-state index < -0.39 is 27.9 Å². The second-order valence-electron chi connectivity index (χ2n) is 7.05. The van der Waals surface area contributed by atoms with E-state index in [0.717, 1.165) is 18.4 Å². The van der Waals surface area contributed by atoms with Gasteiger partial charge >= 0.3 is 5.97 Å². The van der Waals surface area contributed by atoms with Crippen LogP contribution in [-0.4, -0.2) is 40.1 Å². The van der Waals surface area contributed by atoms with E-state index in [1.807, 2.05) is 6.92 Å². The third-order valence-corrected chi connectivity index (χ3v) is 6.01. The maximum atomic E-state index is 12.7. The number of aryl methyl sites for hydroxylation is 1. The number of carbonyl (C=O) groups is 2. The molecule has 2 rings (SSSR count). The third-order valence-electron chi connectivity index (χ3n) is 4.45. The van der Waals surface area contributed by atoms with Crippen molar-refractivity contribution in [3.8, 4) is 5.75 Å².